The van der Waals surface area contributed by atoms with E-state index < -0.39 is 5.91 Å². The van der Waals surface area contributed by atoms with Crippen molar-refractivity contribution in [2.45, 2.75) is 6.92 Å². The second-order valence-electron chi connectivity index (χ2n) is 3.97. The van der Waals surface area contributed by atoms with Gasteiger partial charge in [-0.15, -0.1) is 0 Å². The number of fused-ring (bicyclic) bond motifs is 1. The van der Waals surface area contributed by atoms with E-state index >= 15 is 0 Å². The molecule has 84 valence electrons. The topological polar surface area (TPSA) is 70.0 Å². The molecule has 16 heavy (non-hydrogen) atoms. The van der Waals surface area contributed by atoms with E-state index in [9.17, 15) is 9.59 Å². The molecule has 2 aromatic rings. The highest BCUT2D eigenvalue weighted by Gasteiger charge is 2.16. The number of amides is 1. The molecule has 2 rings (SSSR count). The average molecular weight is 219 g/mol. The minimum atomic E-state index is -0.576. The number of carbonyl (C=O) groups excluding carboxylic acids is 1. The summed E-state index contributed by atoms with van der Waals surface area (Å²) in [5.74, 6) is -0.576. The van der Waals surface area contributed by atoms with Crippen LogP contribution in [0.25, 0.3) is 10.9 Å². The zero-order valence-electron chi connectivity index (χ0n) is 9.44. The Labute approximate surface area is 92.1 Å². The molecule has 0 fully saturated rings. The smallest absolute Gasteiger partial charge is 0.260 e. The molecular weight excluding hydrogens is 206 g/mol. The Balaban J connectivity index is 3.09. The van der Waals surface area contributed by atoms with E-state index in [2.05, 4.69) is 0 Å². The van der Waals surface area contributed by atoms with Crippen molar-refractivity contribution in [3.63, 3.8) is 0 Å². The van der Waals surface area contributed by atoms with Gasteiger partial charge >= 0.3 is 0 Å². The Morgan fingerprint density at radius 2 is 1.88 bits per heavy atom. The normalized spacial score (nSPS) is 10.9. The number of carbonyl (C=O) groups is 1. The van der Waals surface area contributed by atoms with Gasteiger partial charge in [-0.1, -0.05) is 0 Å². The third-order valence-corrected chi connectivity index (χ3v) is 2.74. The number of pyridine rings is 1. The van der Waals surface area contributed by atoms with E-state index in [0.29, 0.717) is 5.39 Å². The molecule has 0 aliphatic rings. The van der Waals surface area contributed by atoms with E-state index in [-0.39, 0.29) is 11.1 Å². The molecule has 2 aromatic heterocycles. The van der Waals surface area contributed by atoms with Gasteiger partial charge in [0.2, 0.25) is 0 Å². The maximum absolute atomic E-state index is 12.0. The lowest BCUT2D eigenvalue weighted by Crippen LogP contribution is -2.20. The molecular formula is C11H13N3O2. The van der Waals surface area contributed by atoms with Crippen LogP contribution in [0.2, 0.25) is 0 Å². The maximum Gasteiger partial charge on any atom is 0.260 e. The fraction of sp³-hybridized carbons (Fsp3) is 0.273. The average Bonchev–Trinajstić information content (AvgIpc) is 2.53. The van der Waals surface area contributed by atoms with Crippen LogP contribution in [0.4, 0.5) is 0 Å². The first-order valence-electron chi connectivity index (χ1n) is 4.88. The van der Waals surface area contributed by atoms with Crippen molar-refractivity contribution in [3.05, 3.63) is 33.9 Å². The van der Waals surface area contributed by atoms with Gasteiger partial charge in [0, 0.05) is 26.5 Å². The summed E-state index contributed by atoms with van der Waals surface area (Å²) in [6.07, 6.45) is 3.34. The second-order valence-corrected chi connectivity index (χ2v) is 3.97. The summed E-state index contributed by atoms with van der Waals surface area (Å²) in [4.78, 5) is 23.2. The van der Waals surface area contributed by atoms with E-state index in [0.717, 1.165) is 11.1 Å². The van der Waals surface area contributed by atoms with Crippen molar-refractivity contribution < 1.29 is 4.79 Å². The first-order chi connectivity index (χ1) is 7.43. The van der Waals surface area contributed by atoms with Gasteiger partial charge in [0.25, 0.3) is 11.5 Å². The van der Waals surface area contributed by atoms with Crippen molar-refractivity contribution in [1.29, 1.82) is 0 Å². The summed E-state index contributed by atoms with van der Waals surface area (Å²) in [5.41, 5.74) is 7.04. The van der Waals surface area contributed by atoms with Gasteiger partial charge in [0.15, 0.2) is 0 Å². The van der Waals surface area contributed by atoms with Crippen LogP contribution in [-0.2, 0) is 14.1 Å². The molecule has 0 unspecified atom stereocenters. The zero-order chi connectivity index (χ0) is 12.0. The van der Waals surface area contributed by atoms with Crippen molar-refractivity contribution >= 4 is 16.8 Å². The Kier molecular flexibility index (Phi) is 2.11. The number of aromatic nitrogens is 2. The largest absolute Gasteiger partial charge is 0.366 e. The summed E-state index contributed by atoms with van der Waals surface area (Å²) in [5, 5.41) is 0.400. The van der Waals surface area contributed by atoms with Gasteiger partial charge in [0.1, 0.15) is 0 Å². The van der Waals surface area contributed by atoms with Gasteiger partial charge in [-0.3, -0.25) is 9.59 Å². The number of hydrogen-bond acceptors (Lipinski definition) is 2. The highest BCUT2D eigenvalue weighted by molar-refractivity contribution is 6.06. The van der Waals surface area contributed by atoms with Crippen LogP contribution in [0.15, 0.2) is 17.2 Å². The second kappa shape index (κ2) is 3.23. The molecule has 0 saturated carbocycles. The molecule has 0 aliphatic heterocycles. The van der Waals surface area contributed by atoms with Crippen molar-refractivity contribution in [3.8, 4) is 0 Å². The minimum absolute atomic E-state index is 0.199. The Hall–Kier alpha value is -2.04. The van der Waals surface area contributed by atoms with Crippen LogP contribution in [0.3, 0.4) is 0 Å². The van der Waals surface area contributed by atoms with Gasteiger partial charge in [0.05, 0.1) is 16.5 Å². The fourth-order valence-electron chi connectivity index (χ4n) is 2.09. The predicted octanol–water partition coefficient (Wildman–Crippen LogP) is 0.284. The maximum atomic E-state index is 12.0. The first kappa shape index (κ1) is 10.5. The van der Waals surface area contributed by atoms with Gasteiger partial charge in [-0.2, -0.15) is 0 Å². The highest BCUT2D eigenvalue weighted by Crippen LogP contribution is 2.19. The van der Waals surface area contributed by atoms with Gasteiger partial charge in [-0.05, 0) is 12.5 Å². The molecule has 1 amide bonds. The standard InChI is InChI=1S/C11H13N3O2/c1-6-4-14(3)11(16)8-7(10(12)15)5-13(2)9(6)8/h4-5H,1-3H3,(H2,12,15). The number of rotatable bonds is 1. The molecule has 0 aromatic carbocycles. The van der Waals surface area contributed by atoms with Gasteiger partial charge in [-0.25, -0.2) is 0 Å². The molecule has 2 heterocycles. The lowest BCUT2D eigenvalue weighted by Gasteiger charge is -2.04. The third-order valence-electron chi connectivity index (χ3n) is 2.74. The molecule has 0 radical (unpaired) electrons. The highest BCUT2D eigenvalue weighted by atomic mass is 16.1. The number of primary amides is 1. The lowest BCUT2D eigenvalue weighted by atomic mass is 10.1. The Bertz CT molecular complexity index is 649. The van der Waals surface area contributed by atoms with Crippen LogP contribution in [0, 0.1) is 6.92 Å². The van der Waals surface area contributed by atoms with Crippen molar-refractivity contribution in [1.82, 2.24) is 9.13 Å². The van der Waals surface area contributed by atoms with Crippen molar-refractivity contribution in [2.24, 2.45) is 19.8 Å². The predicted molar refractivity (Wildman–Crippen MR) is 61.4 cm³/mol. The number of aryl methyl sites for hydroxylation is 3. The van der Waals surface area contributed by atoms with Gasteiger partial charge < -0.3 is 14.9 Å². The molecule has 0 bridgehead atoms. The Morgan fingerprint density at radius 3 is 2.44 bits per heavy atom. The molecule has 5 heteroatoms. The molecule has 0 atom stereocenters. The van der Waals surface area contributed by atoms with Crippen LogP contribution in [0.1, 0.15) is 15.9 Å². The number of nitrogens with zero attached hydrogens (tertiary/aromatic N) is 2. The van der Waals surface area contributed by atoms with Crippen LogP contribution in [0.5, 0.6) is 0 Å². The SMILES string of the molecule is Cc1cn(C)c(=O)c2c(C(N)=O)cn(C)c12. The molecule has 5 nitrogen and oxygen atoms in total. The molecule has 2 N–H and O–H groups in total. The summed E-state index contributed by atoms with van der Waals surface area (Å²) in [7, 11) is 3.45. The summed E-state index contributed by atoms with van der Waals surface area (Å²) in [6, 6.07) is 0. The fourth-order valence-corrected chi connectivity index (χ4v) is 2.09. The zero-order valence-corrected chi connectivity index (χ0v) is 9.44. The molecule has 0 spiro atoms. The quantitative estimate of drug-likeness (QED) is 0.748. The van der Waals surface area contributed by atoms with Crippen LogP contribution < -0.4 is 11.3 Å². The summed E-state index contributed by atoms with van der Waals surface area (Å²) >= 11 is 0. The van der Waals surface area contributed by atoms with E-state index in [1.807, 2.05) is 6.92 Å². The van der Waals surface area contributed by atoms with E-state index in [1.165, 1.54) is 4.57 Å². The van der Waals surface area contributed by atoms with E-state index in [4.69, 9.17) is 5.73 Å². The molecule has 0 aliphatic carbocycles. The summed E-state index contributed by atoms with van der Waals surface area (Å²) < 4.78 is 3.22. The lowest BCUT2D eigenvalue weighted by molar-refractivity contribution is 0.100. The number of hydrogen-bond donors (Lipinski definition) is 1. The van der Waals surface area contributed by atoms with Crippen LogP contribution in [-0.4, -0.2) is 15.0 Å². The molecule has 0 saturated heterocycles. The van der Waals surface area contributed by atoms with Crippen LogP contribution >= 0.6 is 0 Å². The first-order valence-corrected chi connectivity index (χ1v) is 4.88. The summed E-state index contributed by atoms with van der Waals surface area (Å²) in [6.45, 7) is 1.90. The van der Waals surface area contributed by atoms with E-state index in [1.54, 1.807) is 31.1 Å². The number of nitrogens with two attached hydrogens (primary N) is 1. The Morgan fingerprint density at radius 1 is 1.25 bits per heavy atom. The van der Waals surface area contributed by atoms with Crippen molar-refractivity contribution in [2.75, 3.05) is 0 Å². The monoisotopic (exact) mass is 219 g/mol. The third kappa shape index (κ3) is 1.25. The minimum Gasteiger partial charge on any atom is -0.366 e.